The SMILES string of the molecule is CC[C@H]1CC12C(=O)N[C@H]1C(=O)C3C[C@@]312. The van der Waals surface area contributed by atoms with Crippen molar-refractivity contribution in [1.29, 1.82) is 0 Å². The number of nitrogens with one attached hydrogen (secondary N) is 1. The Labute approximate surface area is 82.2 Å². The van der Waals surface area contributed by atoms with Crippen LogP contribution < -0.4 is 5.32 Å². The van der Waals surface area contributed by atoms with E-state index in [0.717, 1.165) is 19.3 Å². The van der Waals surface area contributed by atoms with Gasteiger partial charge in [0.25, 0.3) is 0 Å². The summed E-state index contributed by atoms with van der Waals surface area (Å²) in [5.41, 5.74) is 0.0207. The molecule has 0 radical (unpaired) electrons. The first-order valence-electron chi connectivity index (χ1n) is 5.53. The fourth-order valence-electron chi connectivity index (χ4n) is 4.40. The molecular weight excluding hydrogens is 178 g/mol. The first-order chi connectivity index (χ1) is 6.68. The fourth-order valence-corrected chi connectivity index (χ4v) is 4.40. The minimum absolute atomic E-state index is 0.0865. The van der Waals surface area contributed by atoms with E-state index in [2.05, 4.69) is 12.2 Å². The van der Waals surface area contributed by atoms with Crippen molar-refractivity contribution < 1.29 is 9.59 Å². The lowest BCUT2D eigenvalue weighted by atomic mass is 9.69. The lowest BCUT2D eigenvalue weighted by molar-refractivity contribution is -0.131. The lowest BCUT2D eigenvalue weighted by Gasteiger charge is -2.31. The first kappa shape index (κ1) is 7.43. The minimum atomic E-state index is -0.0923. The Bertz CT molecular complexity index is 391. The van der Waals surface area contributed by atoms with Gasteiger partial charge in [-0.3, -0.25) is 9.59 Å². The summed E-state index contributed by atoms with van der Waals surface area (Å²) >= 11 is 0. The number of ketones is 1. The number of amides is 1. The molecule has 1 heterocycles. The summed E-state index contributed by atoms with van der Waals surface area (Å²) in [4.78, 5) is 23.4. The molecule has 0 aromatic heterocycles. The quantitative estimate of drug-likeness (QED) is 0.655. The Hall–Kier alpha value is -0.860. The highest BCUT2D eigenvalue weighted by Gasteiger charge is 2.92. The normalized spacial score (nSPS) is 61.6. The molecule has 0 aromatic rings. The molecule has 3 heteroatoms. The zero-order chi connectivity index (χ0) is 9.72. The molecule has 74 valence electrons. The van der Waals surface area contributed by atoms with Gasteiger partial charge in [0, 0.05) is 11.3 Å². The van der Waals surface area contributed by atoms with Crippen LogP contribution in [0.1, 0.15) is 26.2 Å². The maximum atomic E-state index is 11.9. The highest BCUT2D eigenvalue weighted by Crippen LogP contribution is 2.85. The number of carbonyl (C=O) groups is 2. The molecule has 3 aliphatic carbocycles. The molecule has 4 fully saturated rings. The van der Waals surface area contributed by atoms with Crippen molar-refractivity contribution >= 4 is 11.7 Å². The molecule has 2 unspecified atom stereocenters. The van der Waals surface area contributed by atoms with Gasteiger partial charge in [0.1, 0.15) is 0 Å². The van der Waals surface area contributed by atoms with Crippen LogP contribution >= 0.6 is 0 Å². The second-order valence-corrected chi connectivity index (χ2v) is 5.39. The Kier molecular flexibility index (Phi) is 0.881. The third-order valence-corrected chi connectivity index (χ3v) is 5.26. The predicted octanol–water partition coefficient (Wildman–Crippen LogP) is 0.490. The van der Waals surface area contributed by atoms with E-state index in [-0.39, 0.29) is 28.7 Å². The predicted molar refractivity (Wildman–Crippen MR) is 48.3 cm³/mol. The minimum Gasteiger partial charge on any atom is -0.345 e. The molecule has 14 heavy (non-hydrogen) atoms. The van der Waals surface area contributed by atoms with Crippen LogP contribution in [-0.2, 0) is 9.59 Å². The van der Waals surface area contributed by atoms with Crippen LogP contribution in [0, 0.1) is 22.7 Å². The summed E-state index contributed by atoms with van der Waals surface area (Å²) in [6.45, 7) is 2.15. The molecule has 3 saturated carbocycles. The Morgan fingerprint density at radius 2 is 2.21 bits per heavy atom. The van der Waals surface area contributed by atoms with E-state index in [1.54, 1.807) is 0 Å². The van der Waals surface area contributed by atoms with Crippen molar-refractivity contribution in [1.82, 2.24) is 5.32 Å². The molecule has 2 spiro atoms. The monoisotopic (exact) mass is 191 g/mol. The number of rotatable bonds is 1. The summed E-state index contributed by atoms with van der Waals surface area (Å²) in [5.74, 6) is 1.30. The van der Waals surface area contributed by atoms with Crippen LogP contribution in [0.4, 0.5) is 0 Å². The molecule has 1 N–H and O–H groups in total. The van der Waals surface area contributed by atoms with E-state index in [4.69, 9.17) is 0 Å². The summed E-state index contributed by atoms with van der Waals surface area (Å²) < 4.78 is 0. The highest BCUT2D eigenvalue weighted by atomic mass is 16.2. The van der Waals surface area contributed by atoms with Gasteiger partial charge in [-0.2, -0.15) is 0 Å². The maximum Gasteiger partial charge on any atom is 0.227 e. The van der Waals surface area contributed by atoms with Crippen LogP contribution in [-0.4, -0.2) is 17.7 Å². The zero-order valence-corrected chi connectivity index (χ0v) is 8.17. The molecule has 1 amide bonds. The average molecular weight is 191 g/mol. The van der Waals surface area contributed by atoms with E-state index in [9.17, 15) is 9.59 Å². The van der Waals surface area contributed by atoms with Crippen LogP contribution in [0.5, 0.6) is 0 Å². The van der Waals surface area contributed by atoms with Crippen molar-refractivity contribution in [2.45, 2.75) is 32.2 Å². The van der Waals surface area contributed by atoms with Crippen molar-refractivity contribution in [3.05, 3.63) is 0 Å². The van der Waals surface area contributed by atoms with E-state index < -0.39 is 0 Å². The smallest absolute Gasteiger partial charge is 0.227 e. The van der Waals surface area contributed by atoms with E-state index >= 15 is 0 Å². The van der Waals surface area contributed by atoms with Crippen LogP contribution in [0.25, 0.3) is 0 Å². The molecule has 5 atom stereocenters. The molecule has 0 bridgehead atoms. The highest BCUT2D eigenvalue weighted by molar-refractivity contribution is 6.10. The third kappa shape index (κ3) is 0.421. The van der Waals surface area contributed by atoms with Crippen molar-refractivity contribution in [2.75, 3.05) is 0 Å². The maximum absolute atomic E-state index is 11.9. The Morgan fingerprint density at radius 1 is 1.43 bits per heavy atom. The van der Waals surface area contributed by atoms with Gasteiger partial charge in [0.05, 0.1) is 11.5 Å². The number of hydrogen-bond acceptors (Lipinski definition) is 2. The topological polar surface area (TPSA) is 46.2 Å². The second-order valence-electron chi connectivity index (χ2n) is 5.39. The van der Waals surface area contributed by atoms with E-state index in [1.165, 1.54) is 0 Å². The summed E-state index contributed by atoms with van der Waals surface area (Å²) in [7, 11) is 0. The zero-order valence-electron chi connectivity index (χ0n) is 8.17. The van der Waals surface area contributed by atoms with Gasteiger partial charge in [0.2, 0.25) is 5.91 Å². The van der Waals surface area contributed by atoms with Gasteiger partial charge in [0.15, 0.2) is 5.78 Å². The molecule has 1 aliphatic heterocycles. The van der Waals surface area contributed by atoms with Crippen molar-refractivity contribution in [2.24, 2.45) is 22.7 Å². The summed E-state index contributed by atoms with van der Waals surface area (Å²) in [6.07, 6.45) is 3.12. The van der Waals surface area contributed by atoms with Crippen molar-refractivity contribution in [3.8, 4) is 0 Å². The fraction of sp³-hybridized carbons (Fsp3) is 0.818. The molecule has 0 aromatic carbocycles. The van der Waals surface area contributed by atoms with Gasteiger partial charge in [-0.15, -0.1) is 0 Å². The third-order valence-electron chi connectivity index (χ3n) is 5.26. The van der Waals surface area contributed by atoms with Gasteiger partial charge in [-0.25, -0.2) is 0 Å². The second kappa shape index (κ2) is 1.66. The first-order valence-corrected chi connectivity index (χ1v) is 5.53. The standard InChI is InChI=1S/C11H13NO2/c1-2-5-3-10(5)9(14)12-8-7(13)6-4-11(6,8)10/h5-6,8H,2-4H2,1H3,(H,12,14)/t5-,6?,8-,10?,11+/m0/s1. The molecule has 4 aliphatic rings. The largest absolute Gasteiger partial charge is 0.345 e. The summed E-state index contributed by atoms with van der Waals surface area (Å²) in [6, 6.07) is -0.0865. The van der Waals surface area contributed by atoms with Gasteiger partial charge >= 0.3 is 0 Å². The summed E-state index contributed by atoms with van der Waals surface area (Å²) in [5, 5.41) is 2.91. The molecule has 4 rings (SSSR count). The van der Waals surface area contributed by atoms with Gasteiger partial charge in [-0.1, -0.05) is 13.3 Å². The van der Waals surface area contributed by atoms with E-state index in [1.807, 2.05) is 0 Å². The van der Waals surface area contributed by atoms with Gasteiger partial charge in [-0.05, 0) is 18.8 Å². The van der Waals surface area contributed by atoms with Crippen LogP contribution in [0.15, 0.2) is 0 Å². The van der Waals surface area contributed by atoms with Crippen LogP contribution in [0.2, 0.25) is 0 Å². The molecule has 1 saturated heterocycles. The van der Waals surface area contributed by atoms with Crippen molar-refractivity contribution in [3.63, 3.8) is 0 Å². The van der Waals surface area contributed by atoms with E-state index in [0.29, 0.717) is 11.7 Å². The Balaban J connectivity index is 1.82. The lowest BCUT2D eigenvalue weighted by Crippen LogP contribution is -2.49. The van der Waals surface area contributed by atoms with Crippen LogP contribution in [0.3, 0.4) is 0 Å². The number of hydrogen-bond donors (Lipinski definition) is 1. The average Bonchev–Trinajstić information content (AvgIpc) is 3.02. The number of carbonyl (C=O) groups excluding carboxylic acids is 2. The van der Waals surface area contributed by atoms with Gasteiger partial charge < -0.3 is 5.32 Å². The number of Topliss-reactive ketones (excluding diaryl/α,β-unsaturated/α-hetero) is 1. The Morgan fingerprint density at radius 3 is 2.79 bits per heavy atom. The molecular formula is C11H13NO2. The molecule has 3 nitrogen and oxygen atoms in total.